The van der Waals surface area contributed by atoms with Gasteiger partial charge in [0.2, 0.25) is 0 Å². The zero-order chi connectivity index (χ0) is 25.9. The van der Waals surface area contributed by atoms with Crippen molar-refractivity contribution in [2.45, 2.75) is 25.6 Å². The molecule has 0 aromatic heterocycles. The number of methoxy groups -OCH3 is 1. The molecule has 0 fully saturated rings. The summed E-state index contributed by atoms with van der Waals surface area (Å²) in [7, 11) is 1.62. The second-order valence-corrected chi connectivity index (χ2v) is 6.28. The summed E-state index contributed by atoms with van der Waals surface area (Å²) in [5.41, 5.74) is 0. The van der Waals surface area contributed by atoms with Gasteiger partial charge in [0.15, 0.2) is 0 Å². The van der Waals surface area contributed by atoms with Gasteiger partial charge in [-0.3, -0.25) is 0 Å². The summed E-state index contributed by atoms with van der Waals surface area (Å²) in [5.74, 6) is 40.4. The van der Waals surface area contributed by atoms with Crippen molar-refractivity contribution in [2.75, 3.05) is 26.9 Å². The summed E-state index contributed by atoms with van der Waals surface area (Å²) >= 11 is 0. The van der Waals surface area contributed by atoms with E-state index in [-0.39, 0.29) is 37.9 Å². The van der Waals surface area contributed by atoms with Crippen LogP contribution in [0.2, 0.25) is 0 Å². The molecule has 0 saturated carbocycles. The second kappa shape index (κ2) is 21.6. The van der Waals surface area contributed by atoms with E-state index in [9.17, 15) is 0 Å². The van der Waals surface area contributed by atoms with Crippen molar-refractivity contribution >= 4 is 0 Å². The third kappa shape index (κ3) is 16.4. The molecule has 1 rings (SSSR count). The summed E-state index contributed by atoms with van der Waals surface area (Å²) in [5, 5.41) is 0. The molecule has 2 unspecified atom stereocenters. The fraction of sp³-hybridized carbons (Fsp3) is 0.250. The van der Waals surface area contributed by atoms with Gasteiger partial charge in [-0.1, -0.05) is 25.1 Å². The van der Waals surface area contributed by atoms with E-state index in [1.165, 1.54) is 0 Å². The van der Waals surface area contributed by atoms with Crippen LogP contribution in [-0.2, 0) is 14.2 Å². The third-order valence-electron chi connectivity index (χ3n) is 3.83. The highest BCUT2D eigenvalue weighted by Gasteiger charge is 2.13. The molecule has 0 aliphatic heterocycles. The van der Waals surface area contributed by atoms with E-state index >= 15 is 0 Å². The van der Waals surface area contributed by atoms with Gasteiger partial charge >= 0.3 is 0 Å². The number of para-hydroxylation sites is 1. The van der Waals surface area contributed by atoms with E-state index in [2.05, 4.69) is 101 Å². The maximum atomic E-state index is 5.86. The van der Waals surface area contributed by atoms with Crippen molar-refractivity contribution in [3.8, 4) is 113 Å². The molecule has 0 aliphatic rings. The Morgan fingerprint density at radius 2 is 1.22 bits per heavy atom. The van der Waals surface area contributed by atoms with Crippen LogP contribution in [0.1, 0.15) is 39.0 Å². The topological polar surface area (TPSA) is 36.9 Å². The Morgan fingerprint density at radius 3 is 1.72 bits per heavy atom. The van der Waals surface area contributed by atoms with Crippen molar-refractivity contribution in [3.63, 3.8) is 0 Å². The van der Waals surface area contributed by atoms with Crippen molar-refractivity contribution in [2.24, 2.45) is 0 Å². The fourth-order valence-corrected chi connectivity index (χ4v) is 2.06. The molecule has 4 heteroatoms. The standard InChI is InChI=1S/C32H22O4.18H2/c1-4-6-7-8-9-10-11-12-13-14-15-16-17-18-19-23-26-34-27-30(5-2)35-28-32(33-3)29-36-31-24-21-20-22-25-31;;;;;;;;;;;;;;;;;;/h1,20-22,24-25,30,32H,5,27-29H2,2-3H3;18*1H. The fourth-order valence-electron chi connectivity index (χ4n) is 2.06. The molecule has 1 aromatic rings. The average molecular weight is 507 g/mol. The Hall–Kier alpha value is -5.22. The number of rotatable bonds is 10. The van der Waals surface area contributed by atoms with Crippen molar-refractivity contribution in [1.82, 2.24) is 0 Å². The van der Waals surface area contributed by atoms with E-state index in [0.29, 0.717) is 19.8 Å². The van der Waals surface area contributed by atoms with Crippen molar-refractivity contribution in [3.05, 3.63) is 30.3 Å². The van der Waals surface area contributed by atoms with Crippen LogP contribution < -0.4 is 4.74 Å². The molecular weight excluding hydrogens is 448 g/mol. The van der Waals surface area contributed by atoms with Crippen LogP contribution in [0.3, 0.4) is 0 Å². The molecule has 0 aliphatic carbocycles. The lowest BCUT2D eigenvalue weighted by Crippen LogP contribution is -2.30. The van der Waals surface area contributed by atoms with E-state index in [0.717, 1.165) is 12.2 Å². The Morgan fingerprint density at radius 1 is 0.694 bits per heavy atom. The van der Waals surface area contributed by atoms with Crippen LogP contribution in [0.4, 0.5) is 0 Å². The number of ether oxygens (including phenoxy) is 4. The number of hydrogen-bond acceptors (Lipinski definition) is 4. The van der Waals surface area contributed by atoms with E-state index in [4.69, 9.17) is 25.4 Å². The molecule has 0 saturated heterocycles. The first-order valence-corrected chi connectivity index (χ1v) is 10.7. The van der Waals surface area contributed by atoms with Gasteiger partial charge < -0.3 is 18.9 Å². The molecule has 4 nitrogen and oxygen atoms in total. The monoisotopic (exact) mass is 506 g/mol. The minimum absolute atomic E-state index is 0. The second-order valence-electron chi connectivity index (χ2n) is 6.28. The smallest absolute Gasteiger partial charge is 0.126 e. The summed E-state index contributed by atoms with van der Waals surface area (Å²) in [6.07, 6.45) is 7.89. The quantitative estimate of drug-likeness (QED) is 0.322. The average Bonchev–Trinajstić information content (AvgIpc) is 2.91. The molecule has 0 bridgehead atoms. The highest BCUT2D eigenvalue weighted by molar-refractivity contribution is 5.46. The van der Waals surface area contributed by atoms with Gasteiger partial charge in [0.25, 0.3) is 0 Å². The first kappa shape index (κ1) is 28.8. The van der Waals surface area contributed by atoms with E-state index in [1.54, 1.807) is 7.11 Å². The lowest BCUT2D eigenvalue weighted by molar-refractivity contribution is -0.0578. The maximum Gasteiger partial charge on any atom is 0.126 e. The number of benzene rings is 1. The van der Waals surface area contributed by atoms with Crippen LogP contribution >= 0.6 is 0 Å². The molecule has 0 N–H and O–H groups in total. The Balaban J connectivity index is -0.0000000450. The molecule has 36 heavy (non-hydrogen) atoms. The minimum atomic E-state index is -0.198. The molecule has 0 spiro atoms. The third-order valence-corrected chi connectivity index (χ3v) is 3.83. The minimum Gasteiger partial charge on any atom is -0.491 e. The van der Waals surface area contributed by atoms with Crippen molar-refractivity contribution in [1.29, 1.82) is 0 Å². The van der Waals surface area contributed by atoms with Crippen LogP contribution in [0.25, 0.3) is 0 Å². The first-order chi connectivity index (χ1) is 17.8. The lowest BCUT2D eigenvalue weighted by Gasteiger charge is -2.20. The van der Waals surface area contributed by atoms with Crippen molar-refractivity contribution < 1.29 is 44.6 Å². The SMILES string of the molecule is C#CC#CC#CC#CC#CC#CC#CC#CC#COCC(CC)OCC(COc1ccccc1)OC.[HH].[HH].[HH].[HH].[HH].[HH].[HH].[HH].[HH].[HH].[HH].[HH].[HH].[HH].[HH].[HH].[HH].[HH]. The summed E-state index contributed by atoms with van der Waals surface area (Å²) in [6, 6.07) is 9.55. The molecule has 2 atom stereocenters. The van der Waals surface area contributed by atoms with Crippen LogP contribution in [-0.4, -0.2) is 39.1 Å². The molecule has 0 radical (unpaired) electrons. The van der Waals surface area contributed by atoms with Crippen LogP contribution in [0.15, 0.2) is 30.3 Å². The van der Waals surface area contributed by atoms with E-state index < -0.39 is 0 Å². The maximum absolute atomic E-state index is 5.86. The lowest BCUT2D eigenvalue weighted by atomic mass is 10.3. The first-order valence-electron chi connectivity index (χ1n) is 10.7. The summed E-state index contributed by atoms with van der Waals surface area (Å²) in [6.45, 7) is 3.08. The molecule has 210 valence electrons. The van der Waals surface area contributed by atoms with Gasteiger partial charge in [0.1, 0.15) is 31.2 Å². The van der Waals surface area contributed by atoms with Crippen LogP contribution in [0, 0.1) is 107 Å². The Kier molecular flexibility index (Phi) is 17.3. The highest BCUT2D eigenvalue weighted by atomic mass is 16.6. The van der Waals surface area contributed by atoms with Gasteiger partial charge in [-0.2, -0.15) is 0 Å². The Bertz CT molecular complexity index is 1420. The molecular formula is C32H58O4. The predicted molar refractivity (Wildman–Crippen MR) is 178 cm³/mol. The van der Waals surface area contributed by atoms with E-state index in [1.807, 2.05) is 37.3 Å². The highest BCUT2D eigenvalue weighted by Crippen LogP contribution is 2.10. The summed E-state index contributed by atoms with van der Waals surface area (Å²) in [4.78, 5) is 0. The predicted octanol–water partition coefficient (Wildman–Crippen LogP) is 6.94. The summed E-state index contributed by atoms with van der Waals surface area (Å²) < 4.78 is 22.3. The normalized spacial score (nSPS) is 9.14. The molecule has 0 amide bonds. The number of terminal acetylenes is 1. The zero-order valence-electron chi connectivity index (χ0n) is 20.1. The largest absolute Gasteiger partial charge is 0.491 e. The molecule has 1 aromatic carbocycles. The van der Waals surface area contributed by atoms with Gasteiger partial charge in [-0.15, -0.1) is 6.42 Å². The number of hydrogen-bond donors (Lipinski definition) is 0. The van der Waals surface area contributed by atoms with Crippen LogP contribution in [0.5, 0.6) is 5.75 Å². The zero-order valence-corrected chi connectivity index (χ0v) is 20.1. The molecule has 0 heterocycles. The van der Waals surface area contributed by atoms with Gasteiger partial charge in [-0.05, 0) is 65.9 Å². The van der Waals surface area contributed by atoms with Gasteiger partial charge in [0, 0.05) is 80.2 Å². The Labute approximate surface area is 241 Å². The van der Waals surface area contributed by atoms with Gasteiger partial charge in [0.05, 0.1) is 12.7 Å². The van der Waals surface area contributed by atoms with Gasteiger partial charge in [-0.25, -0.2) is 0 Å².